The molecule has 7 nitrogen and oxygen atoms in total. The van der Waals surface area contributed by atoms with Gasteiger partial charge in [-0.05, 0) is 32.1 Å². The first kappa shape index (κ1) is 14.8. The maximum atomic E-state index is 11.4. The van der Waals surface area contributed by atoms with Gasteiger partial charge in [-0.3, -0.25) is 10.1 Å². The normalized spacial score (nSPS) is 18.8. The van der Waals surface area contributed by atoms with E-state index in [0.29, 0.717) is 17.9 Å². The molecule has 0 aromatic carbocycles. The molecule has 20 heavy (non-hydrogen) atoms. The Morgan fingerprint density at radius 2 is 2.30 bits per heavy atom. The van der Waals surface area contributed by atoms with E-state index in [0.717, 1.165) is 32.2 Å². The van der Waals surface area contributed by atoms with Gasteiger partial charge in [0.2, 0.25) is 5.82 Å². The zero-order valence-corrected chi connectivity index (χ0v) is 12.1. The number of rotatable bonds is 6. The molecule has 1 atom stereocenters. The molecule has 112 valence electrons. The molecule has 2 heterocycles. The van der Waals surface area contributed by atoms with Crippen LogP contribution in [0.5, 0.6) is 0 Å². The van der Waals surface area contributed by atoms with Crippen LogP contribution in [0.25, 0.3) is 0 Å². The SMILES string of the molecule is CCc1nn(C)c(N2CCCC2CCCO)c1[N+](=O)[O-]. The predicted octanol–water partition coefficient (Wildman–Crippen LogP) is 1.63. The molecule has 1 aromatic heterocycles. The fourth-order valence-corrected chi connectivity index (χ4v) is 3.05. The van der Waals surface area contributed by atoms with Gasteiger partial charge in [-0.2, -0.15) is 5.10 Å². The molecular formula is C13H22N4O3. The van der Waals surface area contributed by atoms with Crippen molar-refractivity contribution in [2.45, 2.75) is 45.1 Å². The zero-order chi connectivity index (χ0) is 14.7. The number of aryl methyl sites for hydroxylation is 2. The lowest BCUT2D eigenvalue weighted by molar-refractivity contribution is -0.384. The third-order valence-corrected chi connectivity index (χ3v) is 3.92. The highest BCUT2D eigenvalue weighted by Crippen LogP contribution is 2.36. The molecule has 1 aliphatic heterocycles. The second kappa shape index (κ2) is 6.21. The Morgan fingerprint density at radius 3 is 2.90 bits per heavy atom. The van der Waals surface area contributed by atoms with Crippen LogP contribution in [0.1, 0.15) is 38.3 Å². The van der Waals surface area contributed by atoms with E-state index in [2.05, 4.69) is 10.00 Å². The summed E-state index contributed by atoms with van der Waals surface area (Å²) in [6.07, 6.45) is 4.19. The van der Waals surface area contributed by atoms with Crippen LogP contribution in [0.2, 0.25) is 0 Å². The molecule has 1 N–H and O–H groups in total. The third-order valence-electron chi connectivity index (χ3n) is 3.92. The monoisotopic (exact) mass is 282 g/mol. The van der Waals surface area contributed by atoms with Gasteiger partial charge in [-0.25, -0.2) is 4.68 Å². The Labute approximate surface area is 118 Å². The Balaban J connectivity index is 2.35. The van der Waals surface area contributed by atoms with Gasteiger partial charge in [-0.1, -0.05) is 6.92 Å². The van der Waals surface area contributed by atoms with E-state index in [1.165, 1.54) is 0 Å². The van der Waals surface area contributed by atoms with Crippen molar-refractivity contribution < 1.29 is 10.0 Å². The number of nitro groups is 1. The Hall–Kier alpha value is -1.63. The first-order valence-corrected chi connectivity index (χ1v) is 7.17. The van der Waals surface area contributed by atoms with Crippen molar-refractivity contribution in [3.63, 3.8) is 0 Å². The smallest absolute Gasteiger partial charge is 0.334 e. The summed E-state index contributed by atoms with van der Waals surface area (Å²) in [7, 11) is 1.77. The lowest BCUT2D eigenvalue weighted by atomic mass is 10.1. The average Bonchev–Trinajstić information content (AvgIpc) is 2.99. The number of aromatic nitrogens is 2. The maximum absolute atomic E-state index is 11.4. The molecule has 0 bridgehead atoms. The van der Waals surface area contributed by atoms with Gasteiger partial charge in [-0.15, -0.1) is 0 Å². The maximum Gasteiger partial charge on any atom is 0.334 e. The molecule has 1 fully saturated rings. The van der Waals surface area contributed by atoms with E-state index in [-0.39, 0.29) is 23.3 Å². The van der Waals surface area contributed by atoms with Crippen LogP contribution in [-0.4, -0.2) is 39.0 Å². The van der Waals surface area contributed by atoms with Crippen LogP contribution in [0, 0.1) is 10.1 Å². The minimum Gasteiger partial charge on any atom is -0.396 e. The minimum absolute atomic E-state index is 0.144. The van der Waals surface area contributed by atoms with Crippen molar-refractivity contribution in [3.8, 4) is 0 Å². The molecule has 1 unspecified atom stereocenters. The van der Waals surface area contributed by atoms with Crippen LogP contribution in [-0.2, 0) is 13.5 Å². The van der Waals surface area contributed by atoms with Crippen LogP contribution < -0.4 is 4.90 Å². The summed E-state index contributed by atoms with van der Waals surface area (Å²) in [6, 6.07) is 0.265. The number of aliphatic hydroxyl groups is 1. The van der Waals surface area contributed by atoms with Crippen molar-refractivity contribution in [2.75, 3.05) is 18.1 Å². The second-order valence-corrected chi connectivity index (χ2v) is 5.21. The minimum atomic E-state index is -0.317. The Kier molecular flexibility index (Phi) is 4.59. The van der Waals surface area contributed by atoms with E-state index in [4.69, 9.17) is 5.11 Å². The lowest BCUT2D eigenvalue weighted by Gasteiger charge is -2.25. The van der Waals surface area contributed by atoms with E-state index >= 15 is 0 Å². The van der Waals surface area contributed by atoms with E-state index < -0.39 is 0 Å². The molecule has 2 rings (SSSR count). The number of nitrogens with zero attached hydrogens (tertiary/aromatic N) is 4. The van der Waals surface area contributed by atoms with Crippen LogP contribution >= 0.6 is 0 Å². The van der Waals surface area contributed by atoms with Crippen molar-refractivity contribution >= 4 is 11.5 Å². The highest BCUT2D eigenvalue weighted by atomic mass is 16.6. The number of anilines is 1. The van der Waals surface area contributed by atoms with Gasteiger partial charge in [0, 0.05) is 26.2 Å². The zero-order valence-electron chi connectivity index (χ0n) is 12.1. The quantitative estimate of drug-likeness (QED) is 0.633. The van der Waals surface area contributed by atoms with Gasteiger partial charge in [0.15, 0.2) is 0 Å². The summed E-state index contributed by atoms with van der Waals surface area (Å²) in [5.41, 5.74) is 0.686. The topological polar surface area (TPSA) is 84.4 Å². The standard InChI is InChI=1S/C13H22N4O3/c1-3-11-12(17(19)20)13(15(2)14-11)16-8-4-6-10(16)7-5-9-18/h10,18H,3-9H2,1-2H3. The summed E-state index contributed by atoms with van der Waals surface area (Å²) in [5, 5.41) is 24.7. The van der Waals surface area contributed by atoms with E-state index in [1.54, 1.807) is 11.7 Å². The molecule has 0 amide bonds. The summed E-state index contributed by atoms with van der Waals surface area (Å²) in [5.74, 6) is 0.618. The Morgan fingerprint density at radius 1 is 1.55 bits per heavy atom. The fourth-order valence-electron chi connectivity index (χ4n) is 3.05. The molecule has 1 aromatic rings. The van der Waals surface area contributed by atoms with Crippen LogP contribution in [0.15, 0.2) is 0 Å². The van der Waals surface area contributed by atoms with Gasteiger partial charge in [0.25, 0.3) is 0 Å². The molecule has 7 heteroatoms. The van der Waals surface area contributed by atoms with Crippen molar-refractivity contribution in [2.24, 2.45) is 7.05 Å². The van der Waals surface area contributed by atoms with Gasteiger partial charge < -0.3 is 10.0 Å². The van der Waals surface area contributed by atoms with Gasteiger partial charge in [0.05, 0.1) is 4.92 Å². The molecule has 0 saturated carbocycles. The third kappa shape index (κ3) is 2.63. The first-order valence-electron chi connectivity index (χ1n) is 7.17. The molecule has 0 spiro atoms. The number of hydrogen-bond donors (Lipinski definition) is 1. The number of aliphatic hydroxyl groups excluding tert-OH is 1. The molecule has 0 radical (unpaired) electrons. The van der Waals surface area contributed by atoms with Crippen molar-refractivity contribution in [1.29, 1.82) is 0 Å². The molecule has 1 saturated heterocycles. The second-order valence-electron chi connectivity index (χ2n) is 5.21. The fraction of sp³-hybridized carbons (Fsp3) is 0.769. The predicted molar refractivity (Wildman–Crippen MR) is 75.9 cm³/mol. The Bertz CT molecular complexity index is 486. The van der Waals surface area contributed by atoms with Crippen molar-refractivity contribution in [1.82, 2.24) is 9.78 Å². The van der Waals surface area contributed by atoms with E-state index in [1.807, 2.05) is 6.92 Å². The highest BCUT2D eigenvalue weighted by molar-refractivity contribution is 5.62. The lowest BCUT2D eigenvalue weighted by Crippen LogP contribution is -2.31. The molecule has 0 aliphatic carbocycles. The first-order chi connectivity index (χ1) is 9.60. The average molecular weight is 282 g/mol. The van der Waals surface area contributed by atoms with Gasteiger partial charge in [0.1, 0.15) is 5.69 Å². The van der Waals surface area contributed by atoms with Crippen molar-refractivity contribution in [3.05, 3.63) is 15.8 Å². The summed E-state index contributed by atoms with van der Waals surface area (Å²) in [4.78, 5) is 13.2. The van der Waals surface area contributed by atoms with Crippen LogP contribution in [0.4, 0.5) is 11.5 Å². The largest absolute Gasteiger partial charge is 0.396 e. The van der Waals surface area contributed by atoms with E-state index in [9.17, 15) is 10.1 Å². The van der Waals surface area contributed by atoms with Gasteiger partial charge >= 0.3 is 5.69 Å². The summed E-state index contributed by atoms with van der Waals surface area (Å²) >= 11 is 0. The number of hydrogen-bond acceptors (Lipinski definition) is 5. The molecular weight excluding hydrogens is 260 g/mol. The highest BCUT2D eigenvalue weighted by Gasteiger charge is 2.35. The molecule has 1 aliphatic rings. The summed E-state index contributed by atoms with van der Waals surface area (Å²) in [6.45, 7) is 2.87. The summed E-state index contributed by atoms with van der Waals surface area (Å²) < 4.78 is 1.63. The van der Waals surface area contributed by atoms with Crippen LogP contribution in [0.3, 0.4) is 0 Å².